The Morgan fingerprint density at radius 1 is 0.939 bits per heavy atom. The van der Waals surface area contributed by atoms with Gasteiger partial charge in [0.2, 0.25) is 23.6 Å². The highest BCUT2D eigenvalue weighted by Crippen LogP contribution is 2.35. The molecule has 1 saturated carbocycles. The third-order valence-electron chi connectivity index (χ3n) is 8.31. The van der Waals surface area contributed by atoms with E-state index in [4.69, 9.17) is 20.3 Å². The first-order valence-electron chi connectivity index (χ1n) is 16.3. The van der Waals surface area contributed by atoms with E-state index < -0.39 is 40.9 Å². The van der Waals surface area contributed by atoms with E-state index in [2.05, 4.69) is 20.1 Å². The lowest BCUT2D eigenvalue weighted by molar-refractivity contribution is -0.141. The number of hydrogen-bond donors (Lipinski definition) is 4. The maximum absolute atomic E-state index is 13.4. The molecule has 2 aliphatic rings. The van der Waals surface area contributed by atoms with Crippen molar-refractivity contribution in [3.05, 3.63) is 0 Å². The molecule has 5 N–H and O–H groups in total. The van der Waals surface area contributed by atoms with Crippen molar-refractivity contribution >= 4 is 60.1 Å². The number of likely N-dealkylation sites (tertiary alicyclic amines) is 1. The predicted molar refractivity (Wildman–Crippen MR) is 173 cm³/mol. The molecule has 17 nitrogen and oxygen atoms in total. The predicted octanol–water partition coefficient (Wildman–Crippen LogP) is -0.969. The van der Waals surface area contributed by atoms with E-state index in [0.29, 0.717) is 58.5 Å². The summed E-state index contributed by atoms with van der Waals surface area (Å²) in [5.41, 5.74) is 5.46. The van der Waals surface area contributed by atoms with Gasteiger partial charge in [-0.25, -0.2) is 0 Å². The molecule has 0 radical (unpaired) electrons. The third-order valence-corrected chi connectivity index (χ3v) is 9.80. The monoisotopic (exact) mass is 716 g/mol. The van der Waals surface area contributed by atoms with Crippen LogP contribution in [-0.2, 0) is 57.3 Å². The quantitative estimate of drug-likeness (QED) is 0.0478. The Morgan fingerprint density at radius 3 is 2.22 bits per heavy atom. The number of carboxylic acids is 1. The Hall–Kier alpha value is -3.61. The molecule has 18 heteroatoms. The van der Waals surface area contributed by atoms with Gasteiger partial charge in [0.25, 0.3) is 12.9 Å². The first-order chi connectivity index (χ1) is 23.5. The zero-order valence-corrected chi connectivity index (χ0v) is 28.5. The number of nitrogens with one attached hydrogen (secondary N) is 2. The lowest BCUT2D eigenvalue weighted by Crippen LogP contribution is -2.44. The fourth-order valence-corrected chi connectivity index (χ4v) is 6.80. The number of hydrogen-bond acceptors (Lipinski definition) is 14. The number of rotatable bonds is 26. The van der Waals surface area contributed by atoms with Crippen LogP contribution in [0.1, 0.15) is 51.9 Å². The van der Waals surface area contributed by atoms with Gasteiger partial charge in [0.1, 0.15) is 12.6 Å². The number of imide groups is 1. The number of aliphatic carboxylic acids is 1. The van der Waals surface area contributed by atoms with Crippen LogP contribution in [0.25, 0.3) is 0 Å². The highest BCUT2D eigenvalue weighted by atomic mass is 32.2. The van der Waals surface area contributed by atoms with Crippen LogP contribution in [0.4, 0.5) is 0 Å². The Labute approximate surface area is 289 Å². The van der Waals surface area contributed by atoms with Crippen molar-refractivity contribution < 1.29 is 62.4 Å². The lowest BCUT2D eigenvalue weighted by Gasteiger charge is -2.30. The number of thioether (sulfide) groups is 1. The van der Waals surface area contributed by atoms with Crippen molar-refractivity contribution in [3.63, 3.8) is 0 Å². The minimum atomic E-state index is -1.26. The Bertz CT molecular complexity index is 1130. The number of Topliss-reactive ketones (excluding diaryl/α,β-unsaturated/α-hetero) is 1. The fourth-order valence-electron chi connectivity index (χ4n) is 5.45. The van der Waals surface area contributed by atoms with Gasteiger partial charge in [-0.2, -0.15) is 0 Å². The molecule has 1 aliphatic heterocycles. The summed E-state index contributed by atoms with van der Waals surface area (Å²) < 4.78 is 19.7. The summed E-state index contributed by atoms with van der Waals surface area (Å²) in [5.74, 6) is -3.92. The minimum absolute atomic E-state index is 0.0323. The lowest BCUT2D eigenvalue weighted by atomic mass is 9.81. The fraction of sp³-hybridized carbons (Fsp3) is 0.742. The van der Waals surface area contributed by atoms with Crippen LogP contribution in [0, 0.1) is 17.8 Å². The molecule has 4 atom stereocenters. The molecule has 0 aromatic heterocycles. The average Bonchev–Trinajstić information content (AvgIpc) is 3.28. The van der Waals surface area contributed by atoms with E-state index in [9.17, 15) is 38.4 Å². The Morgan fingerprint density at radius 2 is 1.57 bits per heavy atom. The number of nitrogens with two attached hydrogens (primary N) is 1. The number of nitrogens with zero attached hydrogens (tertiary/aromatic N) is 1. The minimum Gasteiger partial charge on any atom is -0.480 e. The van der Waals surface area contributed by atoms with Gasteiger partial charge in [-0.05, 0) is 38.0 Å². The van der Waals surface area contributed by atoms with Crippen LogP contribution in [0.15, 0.2) is 0 Å². The summed E-state index contributed by atoms with van der Waals surface area (Å²) in [6.07, 6.45) is 1.99. The largest absolute Gasteiger partial charge is 0.480 e. The third kappa shape index (κ3) is 14.8. The van der Waals surface area contributed by atoms with Gasteiger partial charge < -0.3 is 40.4 Å². The van der Waals surface area contributed by atoms with Crippen molar-refractivity contribution in [3.8, 4) is 0 Å². The topological polar surface area (TPSA) is 247 Å². The second kappa shape index (κ2) is 22.9. The number of ketones is 1. The molecular formula is C31H48N4O13S. The smallest absolute Gasteiger partial charge is 0.320 e. The van der Waals surface area contributed by atoms with E-state index in [0.717, 1.165) is 11.8 Å². The molecule has 1 aliphatic carbocycles. The summed E-state index contributed by atoms with van der Waals surface area (Å²) in [4.78, 5) is 97.2. The summed E-state index contributed by atoms with van der Waals surface area (Å²) in [5, 5.41) is 13.6. The highest BCUT2D eigenvalue weighted by molar-refractivity contribution is 8.00. The van der Waals surface area contributed by atoms with E-state index in [1.807, 2.05) is 0 Å². The SMILES string of the molecule is CC1C(=O)N(CC2CCC(C(=O)NCCOCCOCCOC=O)CC2)C(=O)C1SCC(NC(=O)CCC(N)C(=O)O)C(=O)CCOC=O. The van der Waals surface area contributed by atoms with E-state index in [1.54, 1.807) is 6.92 Å². The van der Waals surface area contributed by atoms with Gasteiger partial charge in [0.05, 0.1) is 50.2 Å². The van der Waals surface area contributed by atoms with E-state index in [1.165, 1.54) is 4.90 Å². The number of ether oxygens (including phenoxy) is 4. The van der Waals surface area contributed by atoms with Crippen LogP contribution in [0.2, 0.25) is 0 Å². The maximum atomic E-state index is 13.4. The molecule has 4 amide bonds. The first-order valence-corrected chi connectivity index (χ1v) is 17.4. The van der Waals surface area contributed by atoms with Crippen molar-refractivity contribution in [2.45, 2.75) is 69.2 Å². The number of carbonyl (C=O) groups is 8. The molecule has 2 rings (SSSR count). The van der Waals surface area contributed by atoms with E-state index >= 15 is 0 Å². The van der Waals surface area contributed by atoms with Crippen molar-refractivity contribution in [1.82, 2.24) is 15.5 Å². The van der Waals surface area contributed by atoms with Crippen LogP contribution < -0.4 is 16.4 Å². The van der Waals surface area contributed by atoms with Gasteiger partial charge in [0.15, 0.2) is 5.78 Å². The van der Waals surface area contributed by atoms with Crippen molar-refractivity contribution in [2.24, 2.45) is 23.5 Å². The van der Waals surface area contributed by atoms with Crippen LogP contribution >= 0.6 is 11.8 Å². The molecule has 4 unspecified atom stereocenters. The molecule has 0 aromatic rings. The molecule has 276 valence electrons. The van der Waals surface area contributed by atoms with Gasteiger partial charge in [0, 0.05) is 37.6 Å². The number of carboxylic acid groups (broad SMARTS) is 1. The Balaban J connectivity index is 1.80. The summed E-state index contributed by atoms with van der Waals surface area (Å²) >= 11 is 1.07. The molecule has 0 spiro atoms. The standard InChI is InChI=1S/C31H48N4O13S/c1-20-27(49-17-24(25(38)8-10-47-18-36)34-26(39)7-6-23(32)31(43)44)30(42)35(29(20)41)16-21-2-4-22(5-3-21)28(40)33-9-11-45-12-13-46-14-15-48-19-37/h18-24,27H,2-17,32H2,1H3,(H,33,40)(H,34,39)(H,43,44). The average molecular weight is 717 g/mol. The Kier molecular flexibility index (Phi) is 19.4. The second-order valence-electron chi connectivity index (χ2n) is 11.8. The molecule has 1 heterocycles. The number of carbonyl (C=O) groups excluding carboxylic acids is 7. The zero-order valence-electron chi connectivity index (χ0n) is 27.7. The normalized spacial score (nSPS) is 21.8. The molecule has 49 heavy (non-hydrogen) atoms. The summed E-state index contributed by atoms with van der Waals surface area (Å²) in [6, 6.07) is -2.32. The zero-order chi connectivity index (χ0) is 36.2. The first kappa shape index (κ1) is 41.6. The van der Waals surface area contributed by atoms with E-state index in [-0.39, 0.29) is 87.4 Å². The summed E-state index contributed by atoms with van der Waals surface area (Å²) in [6.45, 7) is 4.02. The molecule has 2 fully saturated rings. The van der Waals surface area contributed by atoms with Gasteiger partial charge >= 0.3 is 5.97 Å². The highest BCUT2D eigenvalue weighted by Gasteiger charge is 2.46. The maximum Gasteiger partial charge on any atom is 0.320 e. The van der Waals surface area contributed by atoms with Gasteiger partial charge in [-0.3, -0.25) is 43.3 Å². The molecular weight excluding hydrogens is 668 g/mol. The molecule has 1 saturated heterocycles. The summed E-state index contributed by atoms with van der Waals surface area (Å²) in [7, 11) is 0. The molecule has 0 aromatic carbocycles. The van der Waals surface area contributed by atoms with Crippen LogP contribution in [-0.4, -0.2) is 134 Å². The van der Waals surface area contributed by atoms with Crippen molar-refractivity contribution in [1.29, 1.82) is 0 Å². The van der Waals surface area contributed by atoms with Gasteiger partial charge in [-0.15, -0.1) is 11.8 Å². The number of amides is 4. The van der Waals surface area contributed by atoms with Gasteiger partial charge in [-0.1, -0.05) is 6.92 Å². The van der Waals surface area contributed by atoms with Crippen LogP contribution in [0.3, 0.4) is 0 Å². The van der Waals surface area contributed by atoms with Crippen molar-refractivity contribution in [2.75, 3.05) is 58.5 Å². The molecule has 0 bridgehead atoms. The van der Waals surface area contributed by atoms with Crippen LogP contribution in [0.5, 0.6) is 0 Å². The second-order valence-corrected chi connectivity index (χ2v) is 13.0.